The molecule has 0 spiro atoms. The second-order valence-electron chi connectivity index (χ2n) is 4.86. The number of ether oxygens (including phenoxy) is 1. The molecule has 3 nitrogen and oxygen atoms in total. The molecule has 2 rings (SSSR count). The molecule has 1 aliphatic heterocycles. The van der Waals surface area contributed by atoms with Gasteiger partial charge in [0.25, 0.3) is 0 Å². The molecule has 0 saturated carbocycles. The molecule has 0 aromatic carbocycles. The number of morpholine rings is 1. The fraction of sp³-hybridized carbons (Fsp3) is 0.692. The normalized spacial score (nSPS) is 19.1. The first-order valence-corrected chi connectivity index (χ1v) is 8.04. The van der Waals surface area contributed by atoms with E-state index in [2.05, 4.69) is 46.1 Å². The molecular weight excluding hydrogens is 312 g/mol. The molecule has 1 N–H and O–H groups in total. The Balaban J connectivity index is 1.72. The van der Waals surface area contributed by atoms with Gasteiger partial charge in [-0.1, -0.05) is 0 Å². The van der Waals surface area contributed by atoms with Crippen molar-refractivity contribution in [1.82, 2.24) is 10.2 Å². The van der Waals surface area contributed by atoms with Gasteiger partial charge in [-0.2, -0.15) is 0 Å². The maximum atomic E-state index is 5.36. The van der Waals surface area contributed by atoms with Crippen molar-refractivity contribution in [3.8, 4) is 0 Å². The third kappa shape index (κ3) is 4.31. The van der Waals surface area contributed by atoms with Gasteiger partial charge in [0.05, 0.1) is 17.0 Å². The van der Waals surface area contributed by atoms with E-state index in [9.17, 15) is 0 Å². The van der Waals surface area contributed by atoms with Crippen LogP contribution in [-0.2, 0) is 11.3 Å². The van der Waals surface area contributed by atoms with E-state index in [1.54, 1.807) is 0 Å². The van der Waals surface area contributed by atoms with Crippen molar-refractivity contribution >= 4 is 27.3 Å². The van der Waals surface area contributed by atoms with Gasteiger partial charge < -0.3 is 10.1 Å². The van der Waals surface area contributed by atoms with Crippen LogP contribution < -0.4 is 5.32 Å². The van der Waals surface area contributed by atoms with E-state index in [1.165, 1.54) is 14.2 Å². The Labute approximate surface area is 122 Å². The Kier molecular flexibility index (Phi) is 5.63. The van der Waals surface area contributed by atoms with E-state index >= 15 is 0 Å². The second kappa shape index (κ2) is 7.01. The predicted molar refractivity (Wildman–Crippen MR) is 80.3 cm³/mol. The standard InChI is InChI=1S/C13H21BrN2OS/c1-10-7-12(18-13(10)14)8-15-11(2)9-16-3-5-17-6-4-16/h7,11,15H,3-6,8-9H2,1-2H3. The van der Waals surface area contributed by atoms with E-state index in [4.69, 9.17) is 4.74 Å². The summed E-state index contributed by atoms with van der Waals surface area (Å²) in [6.45, 7) is 10.3. The average Bonchev–Trinajstić information content (AvgIpc) is 2.68. The van der Waals surface area contributed by atoms with Gasteiger partial charge in [-0.15, -0.1) is 11.3 Å². The number of nitrogens with zero attached hydrogens (tertiary/aromatic N) is 1. The molecule has 2 heterocycles. The summed E-state index contributed by atoms with van der Waals surface area (Å²) in [6.07, 6.45) is 0. The lowest BCUT2D eigenvalue weighted by atomic mass is 10.2. The van der Waals surface area contributed by atoms with Crippen LogP contribution in [0.4, 0.5) is 0 Å². The van der Waals surface area contributed by atoms with Gasteiger partial charge in [0, 0.05) is 37.1 Å². The van der Waals surface area contributed by atoms with Gasteiger partial charge in [0.15, 0.2) is 0 Å². The minimum atomic E-state index is 0.518. The zero-order chi connectivity index (χ0) is 13.0. The largest absolute Gasteiger partial charge is 0.379 e. The summed E-state index contributed by atoms with van der Waals surface area (Å²) in [6, 6.07) is 2.77. The molecule has 1 saturated heterocycles. The molecular formula is C13H21BrN2OS. The maximum absolute atomic E-state index is 5.36. The molecule has 18 heavy (non-hydrogen) atoms. The van der Waals surface area contributed by atoms with E-state index in [-0.39, 0.29) is 0 Å². The molecule has 1 aromatic heterocycles. The topological polar surface area (TPSA) is 24.5 Å². The lowest BCUT2D eigenvalue weighted by Crippen LogP contribution is -2.44. The number of rotatable bonds is 5. The number of hydrogen-bond donors (Lipinski definition) is 1. The first-order valence-electron chi connectivity index (χ1n) is 6.43. The number of hydrogen-bond acceptors (Lipinski definition) is 4. The Bertz CT molecular complexity index is 358. The Morgan fingerprint density at radius 3 is 2.83 bits per heavy atom. The third-order valence-corrected chi connectivity index (χ3v) is 5.31. The molecule has 102 valence electrons. The lowest BCUT2D eigenvalue weighted by Gasteiger charge is -2.29. The van der Waals surface area contributed by atoms with Crippen LogP contribution >= 0.6 is 27.3 Å². The molecule has 1 aromatic rings. The first-order chi connectivity index (χ1) is 8.65. The SMILES string of the molecule is Cc1cc(CNC(C)CN2CCOCC2)sc1Br. The summed E-state index contributed by atoms with van der Waals surface area (Å²) in [5.74, 6) is 0. The van der Waals surface area contributed by atoms with Crippen molar-refractivity contribution in [2.24, 2.45) is 0 Å². The van der Waals surface area contributed by atoms with Gasteiger partial charge >= 0.3 is 0 Å². The molecule has 5 heteroatoms. The van der Waals surface area contributed by atoms with E-state index in [1.807, 2.05) is 11.3 Å². The summed E-state index contributed by atoms with van der Waals surface area (Å²) in [7, 11) is 0. The lowest BCUT2D eigenvalue weighted by molar-refractivity contribution is 0.0343. The maximum Gasteiger partial charge on any atom is 0.0730 e. The summed E-state index contributed by atoms with van der Waals surface area (Å²) in [4.78, 5) is 3.87. The highest BCUT2D eigenvalue weighted by atomic mass is 79.9. The van der Waals surface area contributed by atoms with Gasteiger partial charge in [0.1, 0.15) is 0 Å². The van der Waals surface area contributed by atoms with Crippen LogP contribution in [-0.4, -0.2) is 43.8 Å². The fourth-order valence-corrected chi connectivity index (χ4v) is 3.70. The number of aryl methyl sites for hydroxylation is 1. The summed E-state index contributed by atoms with van der Waals surface area (Å²) >= 11 is 5.39. The van der Waals surface area contributed by atoms with Crippen molar-refractivity contribution in [1.29, 1.82) is 0 Å². The number of halogens is 1. The summed E-state index contributed by atoms with van der Waals surface area (Å²) < 4.78 is 6.61. The van der Waals surface area contributed by atoms with Gasteiger partial charge in [-0.05, 0) is 41.4 Å². The van der Waals surface area contributed by atoms with Crippen LogP contribution in [0, 0.1) is 6.92 Å². The first kappa shape index (κ1) is 14.5. The summed E-state index contributed by atoms with van der Waals surface area (Å²) in [5, 5.41) is 3.59. The zero-order valence-electron chi connectivity index (χ0n) is 11.0. The van der Waals surface area contributed by atoms with Gasteiger partial charge in [-0.3, -0.25) is 4.90 Å². The third-order valence-electron chi connectivity index (χ3n) is 3.17. The van der Waals surface area contributed by atoms with Gasteiger partial charge in [0.2, 0.25) is 0 Å². The minimum Gasteiger partial charge on any atom is -0.379 e. The van der Waals surface area contributed by atoms with Crippen LogP contribution in [0.25, 0.3) is 0 Å². The van der Waals surface area contributed by atoms with Crippen LogP contribution in [0.15, 0.2) is 9.85 Å². The van der Waals surface area contributed by atoms with Crippen LogP contribution in [0.3, 0.4) is 0 Å². The molecule has 0 amide bonds. The quantitative estimate of drug-likeness (QED) is 0.897. The van der Waals surface area contributed by atoms with E-state index in [0.29, 0.717) is 6.04 Å². The molecule has 1 atom stereocenters. The Morgan fingerprint density at radius 1 is 1.50 bits per heavy atom. The zero-order valence-corrected chi connectivity index (χ0v) is 13.4. The number of nitrogens with one attached hydrogen (secondary N) is 1. The molecule has 0 radical (unpaired) electrons. The number of thiophene rings is 1. The molecule has 0 aliphatic carbocycles. The van der Waals surface area contributed by atoms with Crippen molar-refractivity contribution in [2.45, 2.75) is 26.4 Å². The highest BCUT2D eigenvalue weighted by molar-refractivity contribution is 9.11. The minimum absolute atomic E-state index is 0.518. The monoisotopic (exact) mass is 332 g/mol. The molecule has 1 aliphatic rings. The van der Waals surface area contributed by atoms with E-state index < -0.39 is 0 Å². The molecule has 1 fully saturated rings. The fourth-order valence-electron chi connectivity index (χ4n) is 2.12. The molecule has 0 bridgehead atoms. The predicted octanol–water partition coefficient (Wildman–Crippen LogP) is 2.63. The van der Waals surface area contributed by atoms with Crippen molar-refractivity contribution in [3.05, 3.63) is 20.3 Å². The van der Waals surface area contributed by atoms with Gasteiger partial charge in [-0.25, -0.2) is 0 Å². The van der Waals surface area contributed by atoms with Crippen molar-refractivity contribution < 1.29 is 4.74 Å². The highest BCUT2D eigenvalue weighted by Crippen LogP contribution is 2.27. The van der Waals surface area contributed by atoms with Crippen LogP contribution in [0.5, 0.6) is 0 Å². The highest BCUT2D eigenvalue weighted by Gasteiger charge is 2.13. The van der Waals surface area contributed by atoms with Crippen molar-refractivity contribution in [3.63, 3.8) is 0 Å². The second-order valence-corrected chi connectivity index (χ2v) is 7.32. The summed E-state index contributed by atoms with van der Waals surface area (Å²) in [5.41, 5.74) is 1.33. The van der Waals surface area contributed by atoms with Crippen LogP contribution in [0.1, 0.15) is 17.4 Å². The van der Waals surface area contributed by atoms with Crippen molar-refractivity contribution in [2.75, 3.05) is 32.8 Å². The Morgan fingerprint density at radius 2 is 2.22 bits per heavy atom. The molecule has 1 unspecified atom stereocenters. The van der Waals surface area contributed by atoms with Crippen LogP contribution in [0.2, 0.25) is 0 Å². The Hall–Kier alpha value is 0.0600. The smallest absolute Gasteiger partial charge is 0.0730 e. The average molecular weight is 333 g/mol. The van der Waals surface area contributed by atoms with E-state index in [0.717, 1.165) is 39.4 Å².